The highest BCUT2D eigenvalue weighted by Crippen LogP contribution is 2.55. The first kappa shape index (κ1) is 28.2. The van der Waals surface area contributed by atoms with Gasteiger partial charge in [-0.3, -0.25) is 24.0 Å². The van der Waals surface area contributed by atoms with Crippen molar-refractivity contribution in [1.82, 2.24) is 20.6 Å². The molecule has 4 aliphatic rings. The summed E-state index contributed by atoms with van der Waals surface area (Å²) in [6.45, 7) is 0.153. The molecule has 216 valence electrons. The molecule has 1 aromatic carbocycles. The van der Waals surface area contributed by atoms with Crippen LogP contribution in [0.15, 0.2) is 30.3 Å². The van der Waals surface area contributed by atoms with Crippen LogP contribution in [0.25, 0.3) is 6.08 Å². The van der Waals surface area contributed by atoms with Crippen LogP contribution in [-0.2, 0) is 44.8 Å². The fourth-order valence-electron chi connectivity index (χ4n) is 5.86. The number of nitrogens with zero attached hydrogens (tertiary/aromatic N) is 2. The van der Waals surface area contributed by atoms with E-state index in [1.165, 1.54) is 16.0 Å². The molecule has 0 radical (unpaired) electrons. The van der Waals surface area contributed by atoms with Crippen LogP contribution in [0.4, 0.5) is 0 Å². The maximum absolute atomic E-state index is 13.8. The largest absolute Gasteiger partial charge is 0.458 e. The average molecular weight is 559 g/mol. The Labute approximate surface area is 231 Å². The summed E-state index contributed by atoms with van der Waals surface area (Å²) in [5.41, 5.74) is 0.269. The summed E-state index contributed by atoms with van der Waals surface area (Å²) in [5.74, 6) is -1.47. The number of rotatable bonds is 10. The summed E-state index contributed by atoms with van der Waals surface area (Å²) in [4.78, 5) is 59.0. The second-order valence-corrected chi connectivity index (χ2v) is 10.5. The molecule has 13 heteroatoms. The van der Waals surface area contributed by atoms with Gasteiger partial charge in [0.05, 0.1) is 13.2 Å². The highest BCUT2D eigenvalue weighted by Gasteiger charge is 2.74. The summed E-state index contributed by atoms with van der Waals surface area (Å²) >= 11 is 0. The molecule has 3 N–H and O–H groups in total. The smallest absolute Gasteiger partial charge is 0.327 e. The minimum atomic E-state index is -1.31. The summed E-state index contributed by atoms with van der Waals surface area (Å²) in [7, 11) is 3.34. The molecule has 40 heavy (non-hydrogen) atoms. The van der Waals surface area contributed by atoms with Crippen molar-refractivity contribution in [2.24, 2.45) is 5.41 Å². The number of hydrogen-bond donors (Lipinski definition) is 3. The van der Waals surface area contributed by atoms with Crippen LogP contribution < -0.4 is 10.6 Å². The quantitative estimate of drug-likeness (QED) is 0.239. The monoisotopic (exact) mass is 558 g/mol. The normalized spacial score (nSPS) is 30.6. The predicted octanol–water partition coefficient (Wildman–Crippen LogP) is -1.06. The van der Waals surface area contributed by atoms with Crippen LogP contribution in [0, 0.1) is 5.41 Å². The van der Waals surface area contributed by atoms with Crippen molar-refractivity contribution < 1.29 is 43.3 Å². The van der Waals surface area contributed by atoms with E-state index in [1.807, 2.05) is 24.3 Å². The highest BCUT2D eigenvalue weighted by molar-refractivity contribution is 5.94. The van der Waals surface area contributed by atoms with Crippen LogP contribution in [0.2, 0.25) is 0 Å². The molecular formula is C27H34N4O9. The van der Waals surface area contributed by atoms with Gasteiger partial charge in [-0.2, -0.15) is 5.06 Å². The van der Waals surface area contributed by atoms with Gasteiger partial charge in [-0.15, -0.1) is 0 Å². The second kappa shape index (κ2) is 11.6. The van der Waals surface area contributed by atoms with Gasteiger partial charge in [0, 0.05) is 46.1 Å². The van der Waals surface area contributed by atoms with Crippen LogP contribution >= 0.6 is 0 Å². The van der Waals surface area contributed by atoms with E-state index in [0.717, 1.165) is 11.1 Å². The summed E-state index contributed by atoms with van der Waals surface area (Å²) in [6, 6.07) is 6.38. The highest BCUT2D eigenvalue weighted by atomic mass is 16.8. The number of likely N-dealkylation sites (N-methyl/N-ethyl adjacent to an activating group) is 1. The van der Waals surface area contributed by atoms with Gasteiger partial charge < -0.3 is 34.9 Å². The van der Waals surface area contributed by atoms with Gasteiger partial charge in [-0.1, -0.05) is 24.3 Å². The molecule has 0 spiro atoms. The zero-order valence-corrected chi connectivity index (χ0v) is 22.4. The first-order valence-corrected chi connectivity index (χ1v) is 13.3. The van der Waals surface area contributed by atoms with Crippen molar-refractivity contribution in [3.8, 4) is 0 Å². The molecule has 2 bridgehead atoms. The van der Waals surface area contributed by atoms with Crippen molar-refractivity contribution in [2.45, 2.75) is 49.8 Å². The molecule has 13 nitrogen and oxygen atoms in total. The second-order valence-electron chi connectivity index (χ2n) is 10.5. The summed E-state index contributed by atoms with van der Waals surface area (Å²) in [5, 5.41) is 15.7. The maximum Gasteiger partial charge on any atom is 0.327 e. The lowest BCUT2D eigenvalue weighted by molar-refractivity contribution is -0.201. The maximum atomic E-state index is 13.8. The molecule has 1 aliphatic carbocycles. The van der Waals surface area contributed by atoms with Gasteiger partial charge in [0.15, 0.2) is 6.04 Å². The molecular weight excluding hydrogens is 524 g/mol. The van der Waals surface area contributed by atoms with E-state index >= 15 is 0 Å². The lowest BCUT2D eigenvalue weighted by Crippen LogP contribution is -2.69. The summed E-state index contributed by atoms with van der Waals surface area (Å²) in [6.07, 6.45) is 0.725. The van der Waals surface area contributed by atoms with E-state index in [9.17, 15) is 19.2 Å². The third-order valence-electron chi connectivity index (χ3n) is 7.71. The third kappa shape index (κ3) is 5.22. The first-order valence-electron chi connectivity index (χ1n) is 13.3. The Balaban J connectivity index is 1.38. The van der Waals surface area contributed by atoms with Gasteiger partial charge in [0.2, 0.25) is 17.7 Å². The van der Waals surface area contributed by atoms with Crippen molar-refractivity contribution in [3.63, 3.8) is 0 Å². The number of aliphatic hydroxyl groups excluding tert-OH is 1. The third-order valence-corrected chi connectivity index (χ3v) is 7.71. The fourth-order valence-corrected chi connectivity index (χ4v) is 5.86. The number of esters is 1. The molecule has 1 aromatic rings. The van der Waals surface area contributed by atoms with Crippen LogP contribution in [-0.4, -0.2) is 110 Å². The number of hydrogen-bond acceptors (Lipinski definition) is 10. The predicted molar refractivity (Wildman–Crippen MR) is 138 cm³/mol. The molecule has 3 amide bonds. The molecule has 3 heterocycles. The van der Waals surface area contributed by atoms with E-state index < -0.39 is 47.7 Å². The molecule has 3 saturated heterocycles. The number of carbonyl (C=O) groups is 4. The van der Waals surface area contributed by atoms with Gasteiger partial charge in [0.1, 0.15) is 36.6 Å². The van der Waals surface area contributed by atoms with Crippen molar-refractivity contribution in [3.05, 3.63) is 41.5 Å². The van der Waals surface area contributed by atoms with Gasteiger partial charge in [-0.25, -0.2) is 0 Å². The van der Waals surface area contributed by atoms with Crippen molar-refractivity contribution >= 4 is 29.8 Å². The van der Waals surface area contributed by atoms with E-state index in [4.69, 9.17) is 24.2 Å². The Morgan fingerprint density at radius 3 is 2.75 bits per heavy atom. The molecule has 6 unspecified atom stereocenters. The lowest BCUT2D eigenvalue weighted by Gasteiger charge is -2.48. The van der Waals surface area contributed by atoms with E-state index in [1.54, 1.807) is 20.2 Å². The molecule has 1 saturated carbocycles. The lowest BCUT2D eigenvalue weighted by atomic mass is 9.62. The summed E-state index contributed by atoms with van der Waals surface area (Å²) < 4.78 is 17.3. The molecule has 3 aliphatic heterocycles. The topological polar surface area (TPSA) is 156 Å². The Hall–Kier alpha value is -3.36. The average Bonchev–Trinajstić information content (AvgIpc) is 3.55. The first-order chi connectivity index (χ1) is 19.2. The Bertz CT molecular complexity index is 1190. The Morgan fingerprint density at radius 1 is 1.18 bits per heavy atom. The standard InChI is InChI=1S/C27H34N4O9/c1-30(2)20(34)7-6-16-4-3-5-17(12-16)14-31-23-25(35)39-18-13-27(23,24(40-31)22-21(18)37-15-38-22)26(36)29-9-8-19(33)28-10-11-32/h3-7,12,18,21-24,32H,8-11,13-15H2,1-2H3,(H,28,33)(H,29,36). The zero-order valence-electron chi connectivity index (χ0n) is 22.4. The van der Waals surface area contributed by atoms with Crippen LogP contribution in [0.3, 0.4) is 0 Å². The Morgan fingerprint density at radius 2 is 1.98 bits per heavy atom. The van der Waals surface area contributed by atoms with Crippen LogP contribution in [0.1, 0.15) is 24.0 Å². The number of nitrogens with one attached hydrogen (secondary N) is 2. The van der Waals surface area contributed by atoms with Crippen molar-refractivity contribution in [2.75, 3.05) is 40.6 Å². The number of aliphatic hydroxyl groups is 1. The SMILES string of the molecule is CN(C)C(=O)C=Cc1cccc(CN2OC3C4OCOC4C4CC3(C(=O)NCCC(=O)NCCO)C2C(=O)O4)c1. The van der Waals surface area contributed by atoms with Gasteiger partial charge in [-0.05, 0) is 17.2 Å². The molecule has 5 rings (SSSR count). The number of fused-ring (bicyclic) bond motifs is 4. The van der Waals surface area contributed by atoms with Gasteiger partial charge in [0.25, 0.3) is 0 Å². The number of benzene rings is 1. The number of hydroxylamine groups is 2. The number of carbonyl (C=O) groups excluding carboxylic acids is 4. The molecule has 4 fully saturated rings. The molecule has 6 atom stereocenters. The number of ether oxygens (including phenoxy) is 3. The fraction of sp³-hybridized carbons (Fsp3) is 0.556. The van der Waals surface area contributed by atoms with Crippen LogP contribution in [0.5, 0.6) is 0 Å². The van der Waals surface area contributed by atoms with E-state index in [-0.39, 0.29) is 57.7 Å². The van der Waals surface area contributed by atoms with Crippen molar-refractivity contribution in [1.29, 1.82) is 0 Å². The molecule has 0 aromatic heterocycles. The number of amides is 3. The zero-order chi connectivity index (χ0) is 28.4. The van der Waals surface area contributed by atoms with E-state index in [0.29, 0.717) is 0 Å². The van der Waals surface area contributed by atoms with E-state index in [2.05, 4.69) is 10.6 Å². The minimum absolute atomic E-state index is 0.00329. The minimum Gasteiger partial charge on any atom is -0.458 e. The van der Waals surface area contributed by atoms with Gasteiger partial charge >= 0.3 is 5.97 Å². The Kier molecular flexibility index (Phi) is 8.19.